The highest BCUT2D eigenvalue weighted by Gasteiger charge is 2.48. The number of hydrogen-bond acceptors (Lipinski definition) is 3. The van der Waals surface area contributed by atoms with Gasteiger partial charge >= 0.3 is 0 Å². The van der Waals surface area contributed by atoms with Crippen LogP contribution in [0.2, 0.25) is 0 Å². The SMILES string of the molecule is COCOc1c(O)cc(C)cc1[C@@]1(C)CCCC1(C)C. The van der Waals surface area contributed by atoms with Crippen LogP contribution < -0.4 is 4.74 Å². The van der Waals surface area contributed by atoms with E-state index in [9.17, 15) is 5.11 Å². The van der Waals surface area contributed by atoms with Crippen LogP contribution in [0.3, 0.4) is 0 Å². The Morgan fingerprint density at radius 1 is 1.20 bits per heavy atom. The molecule has 0 unspecified atom stereocenters. The van der Waals surface area contributed by atoms with E-state index in [1.807, 2.05) is 6.92 Å². The molecule has 1 saturated carbocycles. The van der Waals surface area contributed by atoms with E-state index in [4.69, 9.17) is 9.47 Å². The molecule has 112 valence electrons. The number of rotatable bonds is 4. The first-order chi connectivity index (χ1) is 9.32. The first-order valence-electron chi connectivity index (χ1n) is 7.28. The molecule has 1 N–H and O–H groups in total. The second-order valence-corrected chi connectivity index (χ2v) is 6.78. The van der Waals surface area contributed by atoms with Gasteiger partial charge in [0.1, 0.15) is 0 Å². The van der Waals surface area contributed by atoms with Crippen molar-refractivity contribution in [2.24, 2.45) is 5.41 Å². The summed E-state index contributed by atoms with van der Waals surface area (Å²) in [5.74, 6) is 0.788. The van der Waals surface area contributed by atoms with Crippen LogP contribution in [-0.2, 0) is 10.2 Å². The van der Waals surface area contributed by atoms with Crippen molar-refractivity contribution in [2.75, 3.05) is 13.9 Å². The minimum absolute atomic E-state index is 0.0135. The van der Waals surface area contributed by atoms with Crippen molar-refractivity contribution in [1.82, 2.24) is 0 Å². The molecule has 1 aliphatic rings. The Balaban J connectivity index is 2.54. The van der Waals surface area contributed by atoms with E-state index in [1.54, 1.807) is 13.2 Å². The van der Waals surface area contributed by atoms with E-state index < -0.39 is 0 Å². The van der Waals surface area contributed by atoms with Gasteiger partial charge in [0, 0.05) is 18.1 Å². The normalized spacial score (nSPS) is 24.9. The summed E-state index contributed by atoms with van der Waals surface area (Å²) >= 11 is 0. The van der Waals surface area contributed by atoms with Crippen molar-refractivity contribution in [3.05, 3.63) is 23.3 Å². The molecule has 1 aromatic rings. The Kier molecular flexibility index (Phi) is 4.01. The Morgan fingerprint density at radius 3 is 2.45 bits per heavy atom. The maximum atomic E-state index is 10.3. The lowest BCUT2D eigenvalue weighted by Gasteiger charge is -2.40. The molecule has 2 rings (SSSR count). The number of aryl methyl sites for hydroxylation is 1. The molecule has 0 aliphatic heterocycles. The number of methoxy groups -OCH3 is 1. The minimum Gasteiger partial charge on any atom is -0.504 e. The van der Waals surface area contributed by atoms with Crippen molar-refractivity contribution in [1.29, 1.82) is 0 Å². The van der Waals surface area contributed by atoms with Gasteiger partial charge in [-0.25, -0.2) is 0 Å². The lowest BCUT2D eigenvalue weighted by atomic mass is 9.65. The molecule has 1 fully saturated rings. The molecule has 1 atom stereocenters. The van der Waals surface area contributed by atoms with E-state index in [1.165, 1.54) is 12.8 Å². The molecule has 0 saturated heterocycles. The van der Waals surface area contributed by atoms with Crippen LogP contribution in [-0.4, -0.2) is 19.0 Å². The van der Waals surface area contributed by atoms with Gasteiger partial charge in [-0.3, -0.25) is 0 Å². The van der Waals surface area contributed by atoms with Crippen molar-refractivity contribution in [3.8, 4) is 11.5 Å². The zero-order chi connectivity index (χ0) is 15.0. The smallest absolute Gasteiger partial charge is 0.188 e. The summed E-state index contributed by atoms with van der Waals surface area (Å²) in [6.45, 7) is 9.06. The minimum atomic E-state index is 0.0135. The Morgan fingerprint density at radius 2 is 1.90 bits per heavy atom. The maximum Gasteiger partial charge on any atom is 0.188 e. The molecule has 20 heavy (non-hydrogen) atoms. The average Bonchev–Trinajstić information content (AvgIpc) is 2.63. The van der Waals surface area contributed by atoms with Crippen LogP contribution in [0.1, 0.15) is 51.2 Å². The summed E-state index contributed by atoms with van der Waals surface area (Å²) in [6, 6.07) is 3.90. The van der Waals surface area contributed by atoms with E-state index in [-0.39, 0.29) is 23.4 Å². The number of phenols is 1. The van der Waals surface area contributed by atoms with Crippen LogP contribution >= 0.6 is 0 Å². The molecule has 0 radical (unpaired) electrons. The topological polar surface area (TPSA) is 38.7 Å². The number of phenolic OH excluding ortho intramolecular Hbond substituents is 1. The van der Waals surface area contributed by atoms with Gasteiger partial charge in [-0.05, 0) is 36.8 Å². The van der Waals surface area contributed by atoms with Crippen molar-refractivity contribution in [2.45, 2.75) is 52.4 Å². The summed E-state index contributed by atoms with van der Waals surface area (Å²) in [4.78, 5) is 0. The third kappa shape index (κ3) is 2.39. The molecule has 3 heteroatoms. The Hall–Kier alpha value is -1.22. The average molecular weight is 278 g/mol. The summed E-state index contributed by atoms with van der Waals surface area (Å²) in [5, 5.41) is 10.3. The van der Waals surface area contributed by atoms with Gasteiger partial charge in [0.05, 0.1) is 0 Å². The quantitative estimate of drug-likeness (QED) is 0.841. The molecular weight excluding hydrogens is 252 g/mol. The summed E-state index contributed by atoms with van der Waals surface area (Å²) in [6.07, 6.45) is 3.52. The highest BCUT2D eigenvalue weighted by atomic mass is 16.7. The van der Waals surface area contributed by atoms with Crippen LogP contribution in [0.4, 0.5) is 0 Å². The molecular formula is C17H26O3. The third-order valence-corrected chi connectivity index (χ3v) is 5.10. The standard InChI is InChI=1S/C17H26O3/c1-12-9-13(15(14(18)10-12)20-11-19-5)17(4)8-6-7-16(17,2)3/h9-10,18H,6-8,11H2,1-5H3/t17-/m1/s1. The van der Waals surface area contributed by atoms with Crippen LogP contribution in [0.15, 0.2) is 12.1 Å². The lowest BCUT2D eigenvalue weighted by molar-refractivity contribution is 0.0464. The summed E-state index contributed by atoms with van der Waals surface area (Å²) < 4.78 is 10.7. The number of aromatic hydroxyl groups is 1. The van der Waals surface area contributed by atoms with E-state index >= 15 is 0 Å². The van der Waals surface area contributed by atoms with E-state index in [0.29, 0.717) is 5.75 Å². The molecule has 3 nitrogen and oxygen atoms in total. The largest absolute Gasteiger partial charge is 0.504 e. The summed E-state index contributed by atoms with van der Waals surface area (Å²) in [7, 11) is 1.59. The molecule has 0 bridgehead atoms. The van der Waals surface area contributed by atoms with Gasteiger partial charge in [-0.1, -0.05) is 33.3 Å². The van der Waals surface area contributed by atoms with Crippen LogP contribution in [0, 0.1) is 12.3 Å². The second-order valence-electron chi connectivity index (χ2n) is 6.78. The first-order valence-corrected chi connectivity index (χ1v) is 7.28. The fourth-order valence-electron chi connectivity index (χ4n) is 3.43. The predicted octanol–water partition coefficient (Wildman–Crippen LogP) is 4.15. The predicted molar refractivity (Wildman–Crippen MR) is 80.3 cm³/mol. The molecule has 0 heterocycles. The Labute approximate surface area is 121 Å². The zero-order valence-corrected chi connectivity index (χ0v) is 13.2. The van der Waals surface area contributed by atoms with Gasteiger partial charge in [-0.15, -0.1) is 0 Å². The van der Waals surface area contributed by atoms with Gasteiger partial charge in [0.15, 0.2) is 18.3 Å². The Bertz CT molecular complexity index is 493. The van der Waals surface area contributed by atoms with Gasteiger partial charge < -0.3 is 14.6 Å². The fraction of sp³-hybridized carbons (Fsp3) is 0.647. The number of benzene rings is 1. The van der Waals surface area contributed by atoms with Crippen LogP contribution in [0.25, 0.3) is 0 Å². The number of hydrogen-bond donors (Lipinski definition) is 1. The fourth-order valence-corrected chi connectivity index (χ4v) is 3.43. The van der Waals surface area contributed by atoms with Crippen LogP contribution in [0.5, 0.6) is 11.5 Å². The third-order valence-electron chi connectivity index (χ3n) is 5.10. The highest BCUT2D eigenvalue weighted by molar-refractivity contribution is 5.52. The maximum absolute atomic E-state index is 10.3. The van der Waals surface area contributed by atoms with Crippen molar-refractivity contribution < 1.29 is 14.6 Å². The highest BCUT2D eigenvalue weighted by Crippen LogP contribution is 2.57. The number of ether oxygens (including phenoxy) is 2. The molecule has 1 aliphatic carbocycles. The lowest BCUT2D eigenvalue weighted by Crippen LogP contribution is -2.34. The molecule has 0 aromatic heterocycles. The first kappa shape index (κ1) is 15.2. The second kappa shape index (κ2) is 5.28. The van der Waals surface area contributed by atoms with E-state index in [2.05, 4.69) is 26.8 Å². The van der Waals surface area contributed by atoms with Gasteiger partial charge in [0.25, 0.3) is 0 Å². The van der Waals surface area contributed by atoms with Crippen molar-refractivity contribution in [3.63, 3.8) is 0 Å². The molecule has 1 aromatic carbocycles. The summed E-state index contributed by atoms with van der Waals surface area (Å²) in [5.41, 5.74) is 2.37. The monoisotopic (exact) mass is 278 g/mol. The van der Waals surface area contributed by atoms with Gasteiger partial charge in [-0.2, -0.15) is 0 Å². The van der Waals surface area contributed by atoms with Crippen molar-refractivity contribution >= 4 is 0 Å². The van der Waals surface area contributed by atoms with Gasteiger partial charge in [0.2, 0.25) is 0 Å². The zero-order valence-electron chi connectivity index (χ0n) is 13.2. The molecule has 0 spiro atoms. The van der Waals surface area contributed by atoms with E-state index in [0.717, 1.165) is 17.5 Å². The molecule has 0 amide bonds.